The highest BCUT2D eigenvalue weighted by Gasteiger charge is 2.20. The van der Waals surface area contributed by atoms with Crippen molar-refractivity contribution in [1.29, 1.82) is 0 Å². The molecule has 1 rings (SSSR count). The van der Waals surface area contributed by atoms with E-state index in [4.69, 9.17) is 12.2 Å². The van der Waals surface area contributed by atoms with Gasteiger partial charge >= 0.3 is 0 Å². The number of thiocarbonyl (C=S) groups is 1. The zero-order valence-electron chi connectivity index (χ0n) is 8.76. The van der Waals surface area contributed by atoms with Gasteiger partial charge in [-0.3, -0.25) is 0 Å². The van der Waals surface area contributed by atoms with Crippen molar-refractivity contribution in [1.82, 2.24) is 10.6 Å². The molecule has 2 atom stereocenters. The van der Waals surface area contributed by atoms with E-state index in [1.807, 2.05) is 0 Å². The summed E-state index contributed by atoms with van der Waals surface area (Å²) in [5.41, 5.74) is 0. The molecule has 0 amide bonds. The van der Waals surface area contributed by atoms with Gasteiger partial charge in [-0.1, -0.05) is 26.1 Å². The summed E-state index contributed by atoms with van der Waals surface area (Å²) in [6.45, 7) is 7.72. The summed E-state index contributed by atoms with van der Waals surface area (Å²) in [7, 11) is 0. The van der Waals surface area contributed by atoms with Gasteiger partial charge in [0.15, 0.2) is 0 Å². The SMILES string of the molecule is CC(C)[C@@H](C)NC(=S)[C@@H]1CCCN1. The molecule has 0 saturated carbocycles. The third-order valence-corrected chi connectivity index (χ3v) is 3.15. The van der Waals surface area contributed by atoms with E-state index in [1.54, 1.807) is 0 Å². The topological polar surface area (TPSA) is 24.1 Å². The summed E-state index contributed by atoms with van der Waals surface area (Å²) in [5, 5.41) is 6.79. The van der Waals surface area contributed by atoms with Crippen LogP contribution in [0.25, 0.3) is 0 Å². The van der Waals surface area contributed by atoms with Gasteiger partial charge in [0.05, 0.1) is 11.0 Å². The van der Waals surface area contributed by atoms with Crippen molar-refractivity contribution >= 4 is 17.2 Å². The average Bonchev–Trinajstić information content (AvgIpc) is 2.55. The largest absolute Gasteiger partial charge is 0.376 e. The molecule has 13 heavy (non-hydrogen) atoms. The molecule has 0 aromatic rings. The van der Waals surface area contributed by atoms with Gasteiger partial charge in [0.25, 0.3) is 0 Å². The van der Waals surface area contributed by atoms with Crippen molar-refractivity contribution in [3.05, 3.63) is 0 Å². The van der Waals surface area contributed by atoms with Crippen LogP contribution in [0.3, 0.4) is 0 Å². The number of nitrogens with one attached hydrogen (secondary N) is 2. The molecular formula is C10H20N2S. The molecule has 76 valence electrons. The lowest BCUT2D eigenvalue weighted by Crippen LogP contribution is -2.44. The van der Waals surface area contributed by atoms with Crippen LogP contribution in [0.5, 0.6) is 0 Å². The second-order valence-electron chi connectivity index (χ2n) is 4.19. The fourth-order valence-corrected chi connectivity index (χ4v) is 1.79. The van der Waals surface area contributed by atoms with Gasteiger partial charge in [0.1, 0.15) is 0 Å². The number of hydrogen-bond acceptors (Lipinski definition) is 2. The molecule has 1 heterocycles. The zero-order chi connectivity index (χ0) is 9.84. The van der Waals surface area contributed by atoms with Crippen LogP contribution in [-0.4, -0.2) is 23.6 Å². The molecule has 1 fully saturated rings. The van der Waals surface area contributed by atoms with Gasteiger partial charge in [0, 0.05) is 6.04 Å². The Bertz CT molecular complexity index is 174. The van der Waals surface area contributed by atoms with Crippen molar-refractivity contribution < 1.29 is 0 Å². The minimum atomic E-state index is 0.427. The second-order valence-corrected chi connectivity index (χ2v) is 4.63. The predicted octanol–water partition coefficient (Wildman–Crippen LogP) is 1.70. The molecule has 0 radical (unpaired) electrons. The van der Waals surface area contributed by atoms with Crippen molar-refractivity contribution in [2.45, 2.75) is 45.7 Å². The third-order valence-electron chi connectivity index (χ3n) is 2.75. The first-order valence-corrected chi connectivity index (χ1v) is 5.56. The van der Waals surface area contributed by atoms with Crippen molar-refractivity contribution in [3.8, 4) is 0 Å². The fourth-order valence-electron chi connectivity index (χ4n) is 1.40. The lowest BCUT2D eigenvalue weighted by atomic mass is 10.1. The van der Waals surface area contributed by atoms with Gasteiger partial charge in [0.2, 0.25) is 0 Å². The molecule has 0 bridgehead atoms. The molecule has 0 aromatic carbocycles. The van der Waals surface area contributed by atoms with E-state index in [1.165, 1.54) is 12.8 Å². The predicted molar refractivity (Wildman–Crippen MR) is 61.1 cm³/mol. The number of rotatable bonds is 3. The van der Waals surface area contributed by atoms with E-state index >= 15 is 0 Å². The van der Waals surface area contributed by atoms with Crippen LogP contribution in [0.1, 0.15) is 33.6 Å². The monoisotopic (exact) mass is 200 g/mol. The Hall–Kier alpha value is -0.150. The van der Waals surface area contributed by atoms with Gasteiger partial charge < -0.3 is 10.6 Å². The van der Waals surface area contributed by atoms with Crippen molar-refractivity contribution in [3.63, 3.8) is 0 Å². The van der Waals surface area contributed by atoms with Crippen LogP contribution in [0.2, 0.25) is 0 Å². The Labute approximate surface area is 86.5 Å². The molecule has 2 nitrogen and oxygen atoms in total. The summed E-state index contributed by atoms with van der Waals surface area (Å²) in [4.78, 5) is 0.999. The standard InChI is InChI=1S/C10H20N2S/c1-7(2)8(3)12-10(13)9-5-4-6-11-9/h7-9,11H,4-6H2,1-3H3,(H,12,13)/t8-,9+/m1/s1. The molecular weight excluding hydrogens is 180 g/mol. The van der Waals surface area contributed by atoms with Crippen LogP contribution in [0.4, 0.5) is 0 Å². The maximum Gasteiger partial charge on any atom is 0.0927 e. The van der Waals surface area contributed by atoms with Crippen LogP contribution in [0.15, 0.2) is 0 Å². The molecule has 1 aliphatic rings. The van der Waals surface area contributed by atoms with Crippen LogP contribution < -0.4 is 10.6 Å². The number of hydrogen-bond donors (Lipinski definition) is 2. The van der Waals surface area contributed by atoms with Crippen LogP contribution >= 0.6 is 12.2 Å². The smallest absolute Gasteiger partial charge is 0.0927 e. The minimum absolute atomic E-state index is 0.427. The van der Waals surface area contributed by atoms with E-state index in [-0.39, 0.29) is 0 Å². The van der Waals surface area contributed by atoms with Gasteiger partial charge in [-0.15, -0.1) is 0 Å². The maximum absolute atomic E-state index is 5.34. The fraction of sp³-hybridized carbons (Fsp3) is 0.900. The second kappa shape index (κ2) is 4.91. The Balaban J connectivity index is 2.31. The first kappa shape index (κ1) is 10.9. The third kappa shape index (κ3) is 3.24. The zero-order valence-corrected chi connectivity index (χ0v) is 9.58. The Kier molecular flexibility index (Phi) is 4.13. The minimum Gasteiger partial charge on any atom is -0.376 e. The summed E-state index contributed by atoms with van der Waals surface area (Å²) in [5.74, 6) is 0.638. The summed E-state index contributed by atoms with van der Waals surface area (Å²) < 4.78 is 0. The Morgan fingerprint density at radius 3 is 2.62 bits per heavy atom. The van der Waals surface area contributed by atoms with E-state index in [9.17, 15) is 0 Å². The molecule has 0 aliphatic carbocycles. The lowest BCUT2D eigenvalue weighted by molar-refractivity contribution is 0.482. The molecule has 1 saturated heterocycles. The molecule has 0 aromatic heterocycles. The summed E-state index contributed by atoms with van der Waals surface area (Å²) in [6.07, 6.45) is 2.44. The highest BCUT2D eigenvalue weighted by Crippen LogP contribution is 2.08. The molecule has 2 N–H and O–H groups in total. The first-order chi connectivity index (χ1) is 6.11. The van der Waals surface area contributed by atoms with Crippen LogP contribution in [-0.2, 0) is 0 Å². The van der Waals surface area contributed by atoms with E-state index in [0.717, 1.165) is 11.5 Å². The maximum atomic E-state index is 5.34. The van der Waals surface area contributed by atoms with Crippen molar-refractivity contribution in [2.75, 3.05) is 6.54 Å². The molecule has 0 spiro atoms. The highest BCUT2D eigenvalue weighted by atomic mass is 32.1. The molecule has 1 aliphatic heterocycles. The van der Waals surface area contributed by atoms with E-state index in [2.05, 4.69) is 31.4 Å². The summed E-state index contributed by atoms with van der Waals surface area (Å²) in [6, 6.07) is 0.908. The highest BCUT2D eigenvalue weighted by molar-refractivity contribution is 7.80. The van der Waals surface area contributed by atoms with Gasteiger partial charge in [-0.2, -0.15) is 0 Å². The molecule has 3 heteroatoms. The van der Waals surface area contributed by atoms with Crippen LogP contribution in [0, 0.1) is 5.92 Å². The van der Waals surface area contributed by atoms with E-state index < -0.39 is 0 Å². The van der Waals surface area contributed by atoms with Gasteiger partial charge in [-0.25, -0.2) is 0 Å². The average molecular weight is 200 g/mol. The normalized spacial score (nSPS) is 24.8. The van der Waals surface area contributed by atoms with Gasteiger partial charge in [-0.05, 0) is 32.2 Å². The van der Waals surface area contributed by atoms with Crippen molar-refractivity contribution in [2.24, 2.45) is 5.92 Å². The first-order valence-electron chi connectivity index (χ1n) is 5.15. The Morgan fingerprint density at radius 1 is 1.46 bits per heavy atom. The lowest BCUT2D eigenvalue weighted by Gasteiger charge is -2.22. The Morgan fingerprint density at radius 2 is 2.15 bits per heavy atom. The molecule has 0 unspecified atom stereocenters. The summed E-state index contributed by atoms with van der Waals surface area (Å²) >= 11 is 5.34. The quantitative estimate of drug-likeness (QED) is 0.678. The van der Waals surface area contributed by atoms with E-state index in [0.29, 0.717) is 18.0 Å².